The van der Waals surface area contributed by atoms with Crippen LogP contribution in [0, 0.1) is 11.7 Å². The number of carbonyl (C=O) groups is 2. The fraction of sp³-hybridized carbons (Fsp3) is 0.417. The molecule has 2 amide bonds. The number of quaternary nitrogens is 1. The van der Waals surface area contributed by atoms with E-state index < -0.39 is 0 Å². The van der Waals surface area contributed by atoms with Crippen molar-refractivity contribution in [2.75, 3.05) is 18.0 Å². The van der Waals surface area contributed by atoms with Crippen LogP contribution in [-0.2, 0) is 16.0 Å². The van der Waals surface area contributed by atoms with Gasteiger partial charge in [0, 0.05) is 0 Å². The third kappa shape index (κ3) is 4.56. The molecule has 1 atom stereocenters. The molecule has 152 valence electrons. The summed E-state index contributed by atoms with van der Waals surface area (Å²) in [6.07, 6.45) is 6.02. The lowest BCUT2D eigenvalue weighted by atomic mass is 9.90. The maximum Gasteiger partial charge on any atom is 0.292 e. The van der Waals surface area contributed by atoms with E-state index in [2.05, 4.69) is 24.3 Å². The van der Waals surface area contributed by atoms with Crippen molar-refractivity contribution in [3.8, 4) is 0 Å². The Kier molecular flexibility index (Phi) is 6.05. The number of nitrogens with zero attached hydrogens (tertiary/aromatic N) is 1. The molecule has 0 radical (unpaired) electrons. The average Bonchev–Trinajstić information content (AvgIpc) is 3.04. The number of nitrogens with one attached hydrogen (secondary N) is 1. The average molecular weight is 395 g/mol. The van der Waals surface area contributed by atoms with Crippen molar-refractivity contribution in [2.24, 2.45) is 5.92 Å². The zero-order valence-corrected chi connectivity index (χ0v) is 16.6. The van der Waals surface area contributed by atoms with E-state index in [0.717, 1.165) is 32.4 Å². The number of piperidine rings is 1. The number of benzene rings is 2. The summed E-state index contributed by atoms with van der Waals surface area (Å²) >= 11 is 0. The molecule has 2 saturated heterocycles. The first-order chi connectivity index (χ1) is 14.1. The van der Waals surface area contributed by atoms with Gasteiger partial charge in [0.1, 0.15) is 5.82 Å². The van der Waals surface area contributed by atoms with Gasteiger partial charge < -0.3 is 4.90 Å². The van der Waals surface area contributed by atoms with Gasteiger partial charge in [-0.3, -0.25) is 9.59 Å². The van der Waals surface area contributed by atoms with Crippen LogP contribution in [-0.4, -0.2) is 30.9 Å². The predicted molar refractivity (Wildman–Crippen MR) is 110 cm³/mol. The minimum absolute atomic E-state index is 0.140. The van der Waals surface area contributed by atoms with Crippen LogP contribution in [0.25, 0.3) is 0 Å². The molecular formula is C24H28FN2O2+. The molecule has 2 aromatic rings. The van der Waals surface area contributed by atoms with E-state index in [-0.39, 0.29) is 30.1 Å². The summed E-state index contributed by atoms with van der Waals surface area (Å²) in [7, 11) is 0. The number of hydrogen-bond acceptors (Lipinski definition) is 2. The quantitative estimate of drug-likeness (QED) is 0.765. The van der Waals surface area contributed by atoms with Crippen LogP contribution in [0.3, 0.4) is 0 Å². The van der Waals surface area contributed by atoms with Crippen LogP contribution in [0.1, 0.15) is 37.7 Å². The van der Waals surface area contributed by atoms with E-state index in [1.807, 2.05) is 6.07 Å². The van der Waals surface area contributed by atoms with Crippen LogP contribution in [0.15, 0.2) is 54.6 Å². The van der Waals surface area contributed by atoms with Gasteiger partial charge in [0.2, 0.25) is 5.91 Å². The SMILES string of the molecule is O=C1C[C@@H]([NH+]2CCC(CCCc3ccccc3)CC2)C(=O)N1c1ccc(F)cc1. The number of anilines is 1. The number of hydrogen-bond donors (Lipinski definition) is 1. The second-order valence-corrected chi connectivity index (χ2v) is 8.28. The van der Waals surface area contributed by atoms with Crippen LogP contribution in [0.2, 0.25) is 0 Å². The van der Waals surface area contributed by atoms with E-state index in [0.29, 0.717) is 11.6 Å². The molecular weight excluding hydrogens is 367 g/mol. The van der Waals surface area contributed by atoms with Crippen molar-refractivity contribution in [2.45, 2.75) is 44.6 Å². The van der Waals surface area contributed by atoms with Gasteiger partial charge in [-0.2, -0.15) is 0 Å². The van der Waals surface area contributed by atoms with Gasteiger partial charge in [-0.15, -0.1) is 0 Å². The first-order valence-corrected chi connectivity index (χ1v) is 10.6. The van der Waals surface area contributed by atoms with Crippen molar-refractivity contribution in [1.82, 2.24) is 0 Å². The highest BCUT2D eigenvalue weighted by atomic mass is 19.1. The van der Waals surface area contributed by atoms with Crippen LogP contribution in [0.5, 0.6) is 0 Å². The Morgan fingerprint density at radius 3 is 2.34 bits per heavy atom. The van der Waals surface area contributed by atoms with Crippen LogP contribution in [0.4, 0.5) is 10.1 Å². The van der Waals surface area contributed by atoms with E-state index in [9.17, 15) is 14.0 Å². The molecule has 5 heteroatoms. The van der Waals surface area contributed by atoms with E-state index in [1.54, 1.807) is 0 Å². The number of imide groups is 1. The van der Waals surface area contributed by atoms with Crippen molar-refractivity contribution in [3.63, 3.8) is 0 Å². The number of rotatable bonds is 6. The fourth-order valence-corrected chi connectivity index (χ4v) is 4.74. The Balaban J connectivity index is 1.28. The lowest BCUT2D eigenvalue weighted by Crippen LogP contribution is -3.17. The van der Waals surface area contributed by atoms with Gasteiger partial charge in [0.05, 0.1) is 25.2 Å². The molecule has 29 heavy (non-hydrogen) atoms. The van der Waals surface area contributed by atoms with Gasteiger partial charge in [-0.05, 0) is 67.9 Å². The van der Waals surface area contributed by atoms with E-state index in [1.165, 1.54) is 52.5 Å². The molecule has 0 aliphatic carbocycles. The molecule has 0 saturated carbocycles. The number of halogens is 1. The number of aryl methyl sites for hydroxylation is 1. The Morgan fingerprint density at radius 2 is 1.66 bits per heavy atom. The summed E-state index contributed by atoms with van der Waals surface area (Å²) in [5.74, 6) is 0.0236. The molecule has 1 N–H and O–H groups in total. The number of amides is 2. The lowest BCUT2D eigenvalue weighted by molar-refractivity contribution is -0.920. The first-order valence-electron chi connectivity index (χ1n) is 10.6. The minimum atomic E-state index is -0.371. The van der Waals surface area contributed by atoms with Gasteiger partial charge in [0.25, 0.3) is 5.91 Å². The summed E-state index contributed by atoms with van der Waals surface area (Å²) in [5.41, 5.74) is 1.87. The van der Waals surface area contributed by atoms with Crippen molar-refractivity contribution in [3.05, 3.63) is 66.0 Å². The molecule has 2 aliphatic rings. The summed E-state index contributed by atoms with van der Waals surface area (Å²) < 4.78 is 13.2. The Labute approximate surface area is 171 Å². The summed E-state index contributed by atoms with van der Waals surface area (Å²) in [6, 6.07) is 15.9. The van der Waals surface area contributed by atoms with Gasteiger partial charge in [-0.25, -0.2) is 9.29 Å². The summed E-state index contributed by atoms with van der Waals surface area (Å²) in [4.78, 5) is 27.8. The van der Waals surface area contributed by atoms with Crippen LogP contribution >= 0.6 is 0 Å². The van der Waals surface area contributed by atoms with Crippen molar-refractivity contribution in [1.29, 1.82) is 0 Å². The predicted octanol–water partition coefficient (Wildman–Crippen LogP) is 2.78. The normalized spacial score (nSPS) is 24.9. The van der Waals surface area contributed by atoms with Crippen molar-refractivity contribution >= 4 is 17.5 Å². The maximum atomic E-state index is 13.2. The molecule has 4 nitrogen and oxygen atoms in total. The zero-order chi connectivity index (χ0) is 20.2. The first kappa shape index (κ1) is 19.8. The van der Waals surface area contributed by atoms with E-state index >= 15 is 0 Å². The summed E-state index contributed by atoms with van der Waals surface area (Å²) in [5, 5.41) is 0. The monoisotopic (exact) mass is 395 g/mol. The fourth-order valence-electron chi connectivity index (χ4n) is 4.74. The highest BCUT2D eigenvalue weighted by Gasteiger charge is 2.46. The third-order valence-corrected chi connectivity index (χ3v) is 6.39. The van der Waals surface area contributed by atoms with Crippen molar-refractivity contribution < 1.29 is 18.9 Å². The van der Waals surface area contributed by atoms with Gasteiger partial charge in [-0.1, -0.05) is 30.3 Å². The second-order valence-electron chi connectivity index (χ2n) is 8.28. The molecule has 2 aromatic carbocycles. The maximum absolute atomic E-state index is 13.2. The molecule has 0 bridgehead atoms. The molecule has 2 heterocycles. The minimum Gasteiger partial charge on any atom is -0.324 e. The third-order valence-electron chi connectivity index (χ3n) is 6.39. The second kappa shape index (κ2) is 8.87. The molecule has 0 aromatic heterocycles. The topological polar surface area (TPSA) is 41.8 Å². The highest BCUT2D eigenvalue weighted by molar-refractivity contribution is 6.21. The molecule has 4 rings (SSSR count). The molecule has 0 unspecified atom stereocenters. The smallest absolute Gasteiger partial charge is 0.292 e. The molecule has 0 spiro atoms. The lowest BCUT2D eigenvalue weighted by Gasteiger charge is -2.32. The molecule has 2 aliphatic heterocycles. The van der Waals surface area contributed by atoms with Gasteiger partial charge in [0.15, 0.2) is 6.04 Å². The zero-order valence-electron chi connectivity index (χ0n) is 16.6. The van der Waals surface area contributed by atoms with Crippen LogP contribution < -0.4 is 9.80 Å². The largest absolute Gasteiger partial charge is 0.324 e. The molecule has 2 fully saturated rings. The number of carbonyl (C=O) groups excluding carboxylic acids is 2. The standard InChI is InChI=1S/C24H27FN2O2/c25-20-9-11-21(12-10-20)27-23(28)17-22(24(27)29)26-15-13-19(14-16-26)8-4-7-18-5-2-1-3-6-18/h1-3,5-6,9-12,19,22H,4,7-8,13-17H2/p+1/t22-/m1/s1. The van der Waals surface area contributed by atoms with E-state index in [4.69, 9.17) is 0 Å². The Morgan fingerprint density at radius 1 is 0.966 bits per heavy atom. The number of likely N-dealkylation sites (tertiary alicyclic amines) is 1. The summed E-state index contributed by atoms with van der Waals surface area (Å²) in [6.45, 7) is 1.88. The highest BCUT2D eigenvalue weighted by Crippen LogP contribution is 2.23. The van der Waals surface area contributed by atoms with Gasteiger partial charge >= 0.3 is 0 Å². The Bertz CT molecular complexity index is 845. The Hall–Kier alpha value is -2.53.